The minimum absolute atomic E-state index is 0. The molecule has 0 aliphatic heterocycles. The first kappa shape index (κ1) is 19.8. The molecule has 0 amide bonds. The molecule has 1 aromatic carbocycles. The maximum atomic E-state index is 13.8. The first-order valence-electron chi connectivity index (χ1n) is 8.66. The molecule has 134 valence electrons. The van der Waals surface area contributed by atoms with Gasteiger partial charge in [-0.25, -0.2) is 0 Å². The van der Waals surface area contributed by atoms with Gasteiger partial charge in [0, 0.05) is 23.4 Å². The van der Waals surface area contributed by atoms with Crippen LogP contribution >= 0.6 is 10.5 Å². The van der Waals surface area contributed by atoms with E-state index >= 15 is 0 Å². The number of halogens is 4. The lowest BCUT2D eigenvalue weighted by molar-refractivity contribution is -0.0868. The van der Waals surface area contributed by atoms with Crippen molar-refractivity contribution in [1.82, 2.24) is 0 Å². The molecule has 0 radical (unpaired) electrons. The Kier molecular flexibility index (Phi) is 6.77. The summed E-state index contributed by atoms with van der Waals surface area (Å²) < 4.78 is 42.0. The van der Waals surface area contributed by atoms with Crippen LogP contribution in [0.3, 0.4) is 0 Å². The van der Waals surface area contributed by atoms with Crippen LogP contribution in [0, 0.1) is 0 Å². The van der Waals surface area contributed by atoms with Crippen molar-refractivity contribution in [2.45, 2.75) is 69.7 Å². The number of thiophene rings is 1. The summed E-state index contributed by atoms with van der Waals surface area (Å²) in [5.74, 6) is 0.115. The molecular formula is C19H24BrF3S. The second-order valence-corrected chi connectivity index (χ2v) is 8.60. The molecule has 1 aliphatic carbocycles. The van der Waals surface area contributed by atoms with Crippen LogP contribution in [0.1, 0.15) is 68.2 Å². The van der Waals surface area contributed by atoms with Gasteiger partial charge in [-0.3, -0.25) is 0 Å². The zero-order chi connectivity index (χ0) is 16.4. The number of benzene rings is 1. The third-order valence-corrected chi connectivity index (χ3v) is 7.04. The molecule has 0 bridgehead atoms. The minimum atomic E-state index is -4.16. The van der Waals surface area contributed by atoms with Crippen LogP contribution in [-0.4, -0.2) is 0 Å². The van der Waals surface area contributed by atoms with Crippen molar-refractivity contribution in [3.05, 3.63) is 34.7 Å². The summed E-state index contributed by atoms with van der Waals surface area (Å²) in [7, 11) is -1.72. The molecular weight excluding hydrogens is 397 g/mol. The van der Waals surface area contributed by atoms with E-state index in [1.54, 1.807) is 0 Å². The Morgan fingerprint density at radius 3 is 2.29 bits per heavy atom. The molecule has 0 N–H and O–H groups in total. The first-order valence-corrected chi connectivity index (χ1v) is 9.89. The molecule has 2 aromatic rings. The maximum Gasteiger partial charge on any atom is 0.600 e. The van der Waals surface area contributed by atoms with Crippen LogP contribution in [-0.2, 0) is 11.9 Å². The van der Waals surface area contributed by atoms with Crippen LogP contribution in [0.5, 0.6) is 0 Å². The third kappa shape index (κ3) is 4.16. The van der Waals surface area contributed by atoms with Gasteiger partial charge in [0.15, 0.2) is 9.58 Å². The number of alkyl halides is 3. The van der Waals surface area contributed by atoms with E-state index < -0.39 is 16.0 Å². The summed E-state index contributed by atoms with van der Waals surface area (Å²) in [5, 5.41) is 0.796. The summed E-state index contributed by atoms with van der Waals surface area (Å²) >= 11 is 0. The van der Waals surface area contributed by atoms with E-state index in [-0.39, 0.29) is 22.9 Å². The highest BCUT2D eigenvalue weighted by Gasteiger charge is 2.49. The first-order chi connectivity index (χ1) is 11.0. The SMILES string of the molecule is CCCc1ccc2cc(C3CCCCCC3)[s+](C(F)(F)F)c2c1.[Br-]. The van der Waals surface area contributed by atoms with Crippen LogP contribution < -0.4 is 17.0 Å². The highest BCUT2D eigenvalue weighted by molar-refractivity contribution is 7.38. The highest BCUT2D eigenvalue weighted by Crippen LogP contribution is 2.54. The van der Waals surface area contributed by atoms with Gasteiger partial charge in [-0.2, -0.15) is 0 Å². The fraction of sp³-hybridized carbons (Fsp3) is 0.579. The van der Waals surface area contributed by atoms with Crippen molar-refractivity contribution < 1.29 is 30.2 Å². The predicted octanol–water partition coefficient (Wildman–Crippen LogP) is 4.46. The van der Waals surface area contributed by atoms with Gasteiger partial charge >= 0.3 is 5.51 Å². The van der Waals surface area contributed by atoms with E-state index in [9.17, 15) is 13.2 Å². The maximum absolute atomic E-state index is 13.8. The minimum Gasteiger partial charge on any atom is -1.00 e. The number of rotatable bonds is 3. The number of aryl methyl sites for hydroxylation is 1. The van der Waals surface area contributed by atoms with Crippen molar-refractivity contribution in [2.24, 2.45) is 0 Å². The van der Waals surface area contributed by atoms with Crippen molar-refractivity contribution in [2.75, 3.05) is 0 Å². The second-order valence-electron chi connectivity index (χ2n) is 6.61. The highest BCUT2D eigenvalue weighted by atomic mass is 79.9. The lowest BCUT2D eigenvalue weighted by atomic mass is 9.98. The lowest BCUT2D eigenvalue weighted by Gasteiger charge is -2.10. The number of hydrogen-bond acceptors (Lipinski definition) is 0. The Morgan fingerprint density at radius 1 is 1.04 bits per heavy atom. The van der Waals surface area contributed by atoms with E-state index in [0.717, 1.165) is 62.3 Å². The van der Waals surface area contributed by atoms with E-state index in [2.05, 4.69) is 6.92 Å². The van der Waals surface area contributed by atoms with E-state index in [1.807, 2.05) is 24.3 Å². The Morgan fingerprint density at radius 2 is 1.71 bits per heavy atom. The standard InChI is InChI=1S/C19H24F3S.BrH/c1-2-7-14-10-11-16-13-18(15-8-5-3-4-6-9-15)23(17(16)12-14)19(20,21)22;/h10-13,15H,2-9H2,1H3;1H/q+1;/p-1. The molecule has 0 spiro atoms. The molecule has 1 atom stereocenters. The predicted molar refractivity (Wildman–Crippen MR) is 92.2 cm³/mol. The molecule has 1 unspecified atom stereocenters. The Labute approximate surface area is 155 Å². The summed E-state index contributed by atoms with van der Waals surface area (Å²) in [4.78, 5) is 0.656. The van der Waals surface area contributed by atoms with Gasteiger partial charge in [0.05, 0.1) is 10.5 Å². The normalized spacial score (nSPS) is 17.6. The van der Waals surface area contributed by atoms with Crippen LogP contribution in [0.15, 0.2) is 24.3 Å². The molecule has 1 aromatic heterocycles. The fourth-order valence-electron chi connectivity index (χ4n) is 3.76. The van der Waals surface area contributed by atoms with Crippen molar-refractivity contribution in [3.63, 3.8) is 0 Å². The van der Waals surface area contributed by atoms with Gasteiger partial charge in [-0.1, -0.05) is 45.1 Å². The third-order valence-electron chi connectivity index (χ3n) is 4.86. The molecule has 1 fully saturated rings. The van der Waals surface area contributed by atoms with Crippen LogP contribution in [0.4, 0.5) is 13.2 Å². The van der Waals surface area contributed by atoms with Crippen molar-refractivity contribution in [1.29, 1.82) is 0 Å². The summed E-state index contributed by atoms with van der Waals surface area (Å²) in [6.07, 6.45) is 8.10. The zero-order valence-electron chi connectivity index (χ0n) is 14.0. The molecule has 0 saturated heterocycles. The van der Waals surface area contributed by atoms with Gasteiger partial charge in [-0.15, -0.1) is 13.2 Å². The van der Waals surface area contributed by atoms with Crippen molar-refractivity contribution in [3.8, 4) is 0 Å². The van der Waals surface area contributed by atoms with Gasteiger partial charge in [0.2, 0.25) is 0 Å². The number of hydrogen-bond donors (Lipinski definition) is 0. The van der Waals surface area contributed by atoms with Gasteiger partial charge < -0.3 is 17.0 Å². The van der Waals surface area contributed by atoms with E-state index in [1.165, 1.54) is 0 Å². The monoisotopic (exact) mass is 420 g/mol. The van der Waals surface area contributed by atoms with Gasteiger partial charge in [0.25, 0.3) is 0 Å². The van der Waals surface area contributed by atoms with Gasteiger partial charge in [0.1, 0.15) is 0 Å². The largest absolute Gasteiger partial charge is 1.00 e. The Balaban J connectivity index is 0.00000208. The molecule has 0 nitrogen and oxygen atoms in total. The van der Waals surface area contributed by atoms with Crippen LogP contribution in [0.25, 0.3) is 10.1 Å². The molecule has 3 rings (SSSR count). The summed E-state index contributed by atoms with van der Waals surface area (Å²) in [5.41, 5.74) is -3.13. The molecule has 1 heterocycles. The summed E-state index contributed by atoms with van der Waals surface area (Å²) in [6.45, 7) is 2.06. The molecule has 1 aliphatic rings. The number of fused-ring (bicyclic) bond motifs is 1. The fourth-order valence-corrected chi connectivity index (χ4v) is 5.98. The average Bonchev–Trinajstić information content (AvgIpc) is 2.68. The average molecular weight is 421 g/mol. The summed E-state index contributed by atoms with van der Waals surface area (Å²) in [6, 6.07) is 7.57. The molecule has 1 saturated carbocycles. The Hall–Kier alpha value is -0.550. The second kappa shape index (κ2) is 8.22. The quantitative estimate of drug-likeness (QED) is 0.507. The topological polar surface area (TPSA) is 0 Å². The van der Waals surface area contributed by atoms with Crippen LogP contribution in [0.2, 0.25) is 0 Å². The Bertz CT molecular complexity index is 667. The molecule has 24 heavy (non-hydrogen) atoms. The van der Waals surface area contributed by atoms with E-state index in [0.29, 0.717) is 9.58 Å². The van der Waals surface area contributed by atoms with E-state index in [4.69, 9.17) is 0 Å². The smallest absolute Gasteiger partial charge is 0.600 e. The lowest BCUT2D eigenvalue weighted by Crippen LogP contribution is -3.00. The van der Waals surface area contributed by atoms with Gasteiger partial charge in [-0.05, 0) is 30.9 Å². The molecule has 5 heteroatoms. The zero-order valence-corrected chi connectivity index (χ0v) is 16.4. The van der Waals surface area contributed by atoms with Crippen molar-refractivity contribution >= 4 is 20.6 Å².